The first-order valence-corrected chi connectivity index (χ1v) is 6.17. The molecule has 1 atom stereocenters. The molecule has 0 saturated carbocycles. The number of anilines is 1. The van der Waals surface area contributed by atoms with Crippen molar-refractivity contribution in [1.29, 1.82) is 0 Å². The molecule has 2 rings (SSSR count). The molecule has 2 heterocycles. The fourth-order valence-electron chi connectivity index (χ4n) is 2.36. The first-order chi connectivity index (χ1) is 8.18. The molecule has 1 unspecified atom stereocenters. The second-order valence-electron chi connectivity index (χ2n) is 4.78. The Kier molecular flexibility index (Phi) is 3.61. The van der Waals surface area contributed by atoms with Crippen LogP contribution in [0.15, 0.2) is 18.5 Å². The van der Waals surface area contributed by atoms with Crippen LogP contribution in [-0.4, -0.2) is 24.0 Å². The number of aromatic nitrogens is 1. The third kappa shape index (κ3) is 2.75. The second kappa shape index (κ2) is 5.17. The summed E-state index contributed by atoms with van der Waals surface area (Å²) in [6, 6.07) is 1.88. The Balaban J connectivity index is 2.24. The number of carbonyl (C=O) groups excluding carboxylic acids is 1. The van der Waals surface area contributed by atoms with Gasteiger partial charge < -0.3 is 10.6 Å². The first-order valence-electron chi connectivity index (χ1n) is 6.17. The van der Waals surface area contributed by atoms with E-state index < -0.39 is 5.91 Å². The van der Waals surface area contributed by atoms with Crippen molar-refractivity contribution in [3.05, 3.63) is 24.0 Å². The van der Waals surface area contributed by atoms with Crippen molar-refractivity contribution in [1.82, 2.24) is 4.98 Å². The maximum atomic E-state index is 11.4. The van der Waals surface area contributed by atoms with Gasteiger partial charge in [-0.15, -0.1) is 0 Å². The largest absolute Gasteiger partial charge is 0.371 e. The quantitative estimate of drug-likeness (QED) is 0.847. The summed E-state index contributed by atoms with van der Waals surface area (Å²) in [5.41, 5.74) is 6.84. The second-order valence-corrected chi connectivity index (χ2v) is 4.78. The maximum Gasteiger partial charge on any atom is 0.252 e. The van der Waals surface area contributed by atoms with Gasteiger partial charge in [0.25, 0.3) is 5.91 Å². The fraction of sp³-hybridized carbons (Fsp3) is 0.538. The van der Waals surface area contributed by atoms with E-state index in [1.165, 1.54) is 19.3 Å². The van der Waals surface area contributed by atoms with Gasteiger partial charge in [-0.3, -0.25) is 9.78 Å². The molecule has 1 aliphatic rings. The Morgan fingerprint density at radius 1 is 1.47 bits per heavy atom. The Bertz CT molecular complexity index is 405. The van der Waals surface area contributed by atoms with Gasteiger partial charge in [0, 0.05) is 25.5 Å². The van der Waals surface area contributed by atoms with E-state index in [0.717, 1.165) is 24.7 Å². The predicted octanol–water partition coefficient (Wildman–Crippen LogP) is 1.81. The third-order valence-corrected chi connectivity index (χ3v) is 3.42. The summed E-state index contributed by atoms with van der Waals surface area (Å²) in [6.45, 7) is 4.27. The molecule has 4 nitrogen and oxygen atoms in total. The van der Waals surface area contributed by atoms with Gasteiger partial charge in [0.05, 0.1) is 11.3 Å². The van der Waals surface area contributed by atoms with Crippen molar-refractivity contribution in [2.24, 2.45) is 11.7 Å². The van der Waals surface area contributed by atoms with Crippen LogP contribution in [0.2, 0.25) is 0 Å². The van der Waals surface area contributed by atoms with Crippen LogP contribution in [0.3, 0.4) is 0 Å². The van der Waals surface area contributed by atoms with Crippen molar-refractivity contribution >= 4 is 11.6 Å². The minimum Gasteiger partial charge on any atom is -0.371 e. The molecule has 1 amide bonds. The van der Waals surface area contributed by atoms with E-state index in [1.807, 2.05) is 6.07 Å². The van der Waals surface area contributed by atoms with Gasteiger partial charge in [0.2, 0.25) is 0 Å². The lowest BCUT2D eigenvalue weighted by molar-refractivity contribution is 0.100. The molecular weight excluding hydrogens is 214 g/mol. The number of carbonyl (C=O) groups is 1. The Morgan fingerprint density at radius 3 is 3.06 bits per heavy atom. The Morgan fingerprint density at radius 2 is 2.29 bits per heavy atom. The minimum atomic E-state index is -0.398. The number of rotatable bonds is 2. The highest BCUT2D eigenvalue weighted by Crippen LogP contribution is 2.24. The summed E-state index contributed by atoms with van der Waals surface area (Å²) in [6.07, 6.45) is 6.87. The highest BCUT2D eigenvalue weighted by atomic mass is 16.1. The number of nitrogens with two attached hydrogens (primary N) is 1. The first kappa shape index (κ1) is 11.9. The number of nitrogens with zero attached hydrogens (tertiary/aromatic N) is 2. The summed E-state index contributed by atoms with van der Waals surface area (Å²) in [7, 11) is 0. The van der Waals surface area contributed by atoms with E-state index in [2.05, 4.69) is 16.8 Å². The molecule has 92 valence electrons. The van der Waals surface area contributed by atoms with Crippen LogP contribution in [0.1, 0.15) is 36.5 Å². The zero-order chi connectivity index (χ0) is 12.3. The van der Waals surface area contributed by atoms with Crippen LogP contribution < -0.4 is 10.6 Å². The van der Waals surface area contributed by atoms with Crippen LogP contribution in [-0.2, 0) is 0 Å². The SMILES string of the molecule is CC1CCCN(c2ccncc2C(N)=O)CC1. The Hall–Kier alpha value is -1.58. The van der Waals surface area contributed by atoms with Crippen molar-refractivity contribution < 1.29 is 4.79 Å². The van der Waals surface area contributed by atoms with Gasteiger partial charge in [0.15, 0.2) is 0 Å². The van der Waals surface area contributed by atoms with Crippen molar-refractivity contribution in [3.63, 3.8) is 0 Å². The zero-order valence-corrected chi connectivity index (χ0v) is 10.2. The number of amides is 1. The summed E-state index contributed by atoms with van der Waals surface area (Å²) in [5.74, 6) is 0.365. The van der Waals surface area contributed by atoms with E-state index in [4.69, 9.17) is 5.73 Å². The molecule has 17 heavy (non-hydrogen) atoms. The van der Waals surface area contributed by atoms with E-state index in [9.17, 15) is 4.79 Å². The minimum absolute atomic E-state index is 0.398. The normalized spacial score (nSPS) is 21.0. The van der Waals surface area contributed by atoms with Crippen LogP contribution >= 0.6 is 0 Å². The standard InChI is InChI=1S/C13H19N3O/c1-10-3-2-7-16(8-5-10)12-4-6-15-9-11(12)13(14)17/h4,6,9-10H,2-3,5,7-8H2,1H3,(H2,14,17). The molecule has 0 radical (unpaired) electrons. The van der Waals surface area contributed by atoms with Crippen LogP contribution in [0.25, 0.3) is 0 Å². The van der Waals surface area contributed by atoms with Crippen LogP contribution in [0, 0.1) is 5.92 Å². The maximum absolute atomic E-state index is 11.4. The topological polar surface area (TPSA) is 59.2 Å². The van der Waals surface area contributed by atoms with Crippen molar-refractivity contribution in [2.45, 2.75) is 26.2 Å². The molecule has 2 N–H and O–H groups in total. The van der Waals surface area contributed by atoms with E-state index in [1.54, 1.807) is 12.4 Å². The van der Waals surface area contributed by atoms with Crippen LogP contribution in [0.5, 0.6) is 0 Å². The molecule has 0 aliphatic carbocycles. The highest BCUT2D eigenvalue weighted by Gasteiger charge is 2.18. The molecule has 0 bridgehead atoms. The zero-order valence-electron chi connectivity index (χ0n) is 10.2. The summed E-state index contributed by atoms with van der Waals surface area (Å²) < 4.78 is 0. The van der Waals surface area contributed by atoms with Gasteiger partial charge in [-0.2, -0.15) is 0 Å². The van der Waals surface area contributed by atoms with Crippen molar-refractivity contribution in [3.8, 4) is 0 Å². The lowest BCUT2D eigenvalue weighted by atomic mass is 10.0. The van der Waals surface area contributed by atoms with Gasteiger partial charge in [0.1, 0.15) is 0 Å². The van der Waals surface area contributed by atoms with E-state index in [0.29, 0.717) is 5.56 Å². The predicted molar refractivity (Wildman–Crippen MR) is 68.0 cm³/mol. The average Bonchev–Trinajstić information content (AvgIpc) is 2.54. The van der Waals surface area contributed by atoms with E-state index >= 15 is 0 Å². The van der Waals surface area contributed by atoms with Crippen LogP contribution in [0.4, 0.5) is 5.69 Å². The molecule has 0 spiro atoms. The number of primary amides is 1. The molecule has 1 aliphatic heterocycles. The molecule has 4 heteroatoms. The summed E-state index contributed by atoms with van der Waals surface area (Å²) >= 11 is 0. The van der Waals surface area contributed by atoms with Crippen molar-refractivity contribution in [2.75, 3.05) is 18.0 Å². The number of hydrogen-bond donors (Lipinski definition) is 1. The molecule has 1 fully saturated rings. The van der Waals surface area contributed by atoms with E-state index in [-0.39, 0.29) is 0 Å². The molecule has 0 aromatic carbocycles. The molecule has 1 aromatic heterocycles. The van der Waals surface area contributed by atoms with Gasteiger partial charge in [-0.25, -0.2) is 0 Å². The monoisotopic (exact) mass is 233 g/mol. The van der Waals surface area contributed by atoms with Gasteiger partial charge in [-0.1, -0.05) is 6.92 Å². The summed E-state index contributed by atoms with van der Waals surface area (Å²) in [4.78, 5) is 17.6. The molecule has 1 aromatic rings. The van der Waals surface area contributed by atoms with Gasteiger partial charge in [-0.05, 0) is 31.2 Å². The molecular formula is C13H19N3O. The lowest BCUT2D eigenvalue weighted by Crippen LogP contribution is -2.27. The average molecular weight is 233 g/mol. The third-order valence-electron chi connectivity index (χ3n) is 3.42. The summed E-state index contributed by atoms with van der Waals surface area (Å²) in [5, 5.41) is 0. The number of hydrogen-bond acceptors (Lipinski definition) is 3. The van der Waals surface area contributed by atoms with Gasteiger partial charge >= 0.3 is 0 Å². The lowest BCUT2D eigenvalue weighted by Gasteiger charge is -2.24. The molecule has 1 saturated heterocycles. The Labute approximate surface area is 102 Å². The fourth-order valence-corrected chi connectivity index (χ4v) is 2.36. The smallest absolute Gasteiger partial charge is 0.252 e. The highest BCUT2D eigenvalue weighted by molar-refractivity contribution is 5.98. The number of pyridine rings is 1.